The van der Waals surface area contributed by atoms with Crippen molar-refractivity contribution in [3.05, 3.63) is 33.9 Å². The van der Waals surface area contributed by atoms with Crippen LogP contribution in [0.3, 0.4) is 0 Å². The Kier molecular flexibility index (Phi) is 3.31. The zero-order valence-corrected chi connectivity index (χ0v) is 9.40. The second-order valence-electron chi connectivity index (χ2n) is 3.58. The maximum Gasteiger partial charge on any atom is 0.292 e. The van der Waals surface area contributed by atoms with Crippen LogP contribution < -0.4 is 5.73 Å². The summed E-state index contributed by atoms with van der Waals surface area (Å²) in [4.78, 5) is 10.2. The summed E-state index contributed by atoms with van der Waals surface area (Å²) in [6.45, 7) is 1.53. The number of nitro benzene ring substituents is 1. The van der Waals surface area contributed by atoms with Crippen LogP contribution in [0.2, 0.25) is 0 Å². The van der Waals surface area contributed by atoms with E-state index in [1.807, 2.05) is 6.07 Å². The van der Waals surface area contributed by atoms with Crippen molar-refractivity contribution in [2.45, 2.75) is 11.0 Å². The Morgan fingerprint density at radius 2 is 2.31 bits per heavy atom. The molecule has 0 atom stereocenters. The number of para-hydroxylation sites is 1. The van der Waals surface area contributed by atoms with Crippen molar-refractivity contribution >= 4 is 23.1 Å². The van der Waals surface area contributed by atoms with Gasteiger partial charge in [-0.2, -0.15) is 0 Å². The first kappa shape index (κ1) is 11.2. The fourth-order valence-electron chi connectivity index (χ4n) is 1.40. The van der Waals surface area contributed by atoms with Crippen LogP contribution in [0.4, 0.5) is 11.4 Å². The average Bonchev–Trinajstić information content (AvgIpc) is 2.17. The number of anilines is 1. The highest BCUT2D eigenvalue weighted by Gasteiger charge is 2.20. The van der Waals surface area contributed by atoms with Crippen molar-refractivity contribution in [3.8, 4) is 0 Å². The Morgan fingerprint density at radius 1 is 1.56 bits per heavy atom. The SMILES string of the molecule is Nc1c(CSC2COC2)cccc1[N+](=O)[O-]. The van der Waals surface area contributed by atoms with Crippen LogP contribution in [0.15, 0.2) is 18.2 Å². The predicted octanol–water partition coefficient (Wildman–Crippen LogP) is 1.81. The highest BCUT2D eigenvalue weighted by atomic mass is 32.2. The summed E-state index contributed by atoms with van der Waals surface area (Å²) in [5, 5.41) is 11.2. The Hall–Kier alpha value is -1.27. The molecule has 1 saturated heterocycles. The average molecular weight is 240 g/mol. The van der Waals surface area contributed by atoms with Crippen LogP contribution in [0, 0.1) is 10.1 Å². The van der Waals surface area contributed by atoms with Crippen LogP contribution in [0.5, 0.6) is 0 Å². The first-order chi connectivity index (χ1) is 7.68. The molecule has 0 spiro atoms. The lowest BCUT2D eigenvalue weighted by Crippen LogP contribution is -2.30. The van der Waals surface area contributed by atoms with Gasteiger partial charge in [0.05, 0.1) is 23.4 Å². The predicted molar refractivity (Wildman–Crippen MR) is 63.4 cm³/mol. The number of hydrogen-bond acceptors (Lipinski definition) is 5. The Balaban J connectivity index is 2.07. The molecule has 0 amide bonds. The van der Waals surface area contributed by atoms with E-state index in [1.165, 1.54) is 6.07 Å². The highest BCUT2D eigenvalue weighted by Crippen LogP contribution is 2.30. The van der Waals surface area contributed by atoms with Gasteiger partial charge in [0.15, 0.2) is 0 Å². The molecule has 2 N–H and O–H groups in total. The molecule has 0 bridgehead atoms. The molecular weight excluding hydrogens is 228 g/mol. The summed E-state index contributed by atoms with van der Waals surface area (Å²) >= 11 is 1.72. The summed E-state index contributed by atoms with van der Waals surface area (Å²) in [6.07, 6.45) is 0. The first-order valence-electron chi connectivity index (χ1n) is 4.89. The van der Waals surface area contributed by atoms with Gasteiger partial charge in [-0.05, 0) is 5.56 Å². The molecule has 1 aliphatic rings. The van der Waals surface area contributed by atoms with E-state index in [0.29, 0.717) is 11.0 Å². The largest absolute Gasteiger partial charge is 0.393 e. The molecule has 1 aromatic rings. The van der Waals surface area contributed by atoms with E-state index < -0.39 is 4.92 Å². The summed E-state index contributed by atoms with van der Waals surface area (Å²) in [6, 6.07) is 4.92. The van der Waals surface area contributed by atoms with Gasteiger partial charge in [0.1, 0.15) is 5.69 Å². The molecule has 1 aromatic carbocycles. The van der Waals surface area contributed by atoms with Crippen molar-refractivity contribution in [2.75, 3.05) is 18.9 Å². The van der Waals surface area contributed by atoms with Crippen molar-refractivity contribution in [1.82, 2.24) is 0 Å². The third-order valence-corrected chi connectivity index (χ3v) is 3.67. The molecular formula is C10H12N2O3S. The Labute approximate surface area is 97.1 Å². The highest BCUT2D eigenvalue weighted by molar-refractivity contribution is 7.99. The van der Waals surface area contributed by atoms with Gasteiger partial charge in [0.2, 0.25) is 0 Å². The van der Waals surface area contributed by atoms with Gasteiger partial charge in [-0.1, -0.05) is 12.1 Å². The van der Waals surface area contributed by atoms with E-state index in [2.05, 4.69) is 0 Å². The molecule has 6 heteroatoms. The van der Waals surface area contributed by atoms with E-state index in [4.69, 9.17) is 10.5 Å². The molecule has 0 saturated carbocycles. The third-order valence-electron chi connectivity index (χ3n) is 2.45. The molecule has 0 unspecified atom stereocenters. The molecule has 0 aliphatic carbocycles. The van der Waals surface area contributed by atoms with Gasteiger partial charge >= 0.3 is 0 Å². The topological polar surface area (TPSA) is 78.4 Å². The van der Waals surface area contributed by atoms with Crippen molar-refractivity contribution < 1.29 is 9.66 Å². The molecule has 1 heterocycles. The second kappa shape index (κ2) is 4.71. The van der Waals surface area contributed by atoms with Crippen LogP contribution in [-0.4, -0.2) is 23.4 Å². The van der Waals surface area contributed by atoms with Crippen LogP contribution in [0.1, 0.15) is 5.56 Å². The molecule has 5 nitrogen and oxygen atoms in total. The maximum absolute atomic E-state index is 10.7. The summed E-state index contributed by atoms with van der Waals surface area (Å²) in [5.41, 5.74) is 6.84. The van der Waals surface area contributed by atoms with Crippen molar-refractivity contribution in [1.29, 1.82) is 0 Å². The first-order valence-corrected chi connectivity index (χ1v) is 5.94. The molecule has 16 heavy (non-hydrogen) atoms. The van der Waals surface area contributed by atoms with E-state index in [9.17, 15) is 10.1 Å². The van der Waals surface area contributed by atoms with Crippen LogP contribution in [-0.2, 0) is 10.5 Å². The number of benzene rings is 1. The van der Waals surface area contributed by atoms with Gasteiger partial charge in [-0.25, -0.2) is 0 Å². The van der Waals surface area contributed by atoms with E-state index in [-0.39, 0.29) is 11.4 Å². The zero-order valence-electron chi connectivity index (χ0n) is 8.59. The third kappa shape index (κ3) is 2.28. The summed E-state index contributed by atoms with van der Waals surface area (Å²) in [5.74, 6) is 0.696. The van der Waals surface area contributed by atoms with Crippen LogP contribution >= 0.6 is 11.8 Å². The van der Waals surface area contributed by atoms with E-state index >= 15 is 0 Å². The number of nitro groups is 1. The zero-order chi connectivity index (χ0) is 11.5. The molecule has 86 valence electrons. The fourth-order valence-corrected chi connectivity index (χ4v) is 2.45. The number of nitrogens with zero attached hydrogens (tertiary/aromatic N) is 1. The molecule has 1 fully saturated rings. The van der Waals surface area contributed by atoms with Gasteiger partial charge in [-0.15, -0.1) is 11.8 Å². The smallest absolute Gasteiger partial charge is 0.292 e. The fraction of sp³-hybridized carbons (Fsp3) is 0.400. The van der Waals surface area contributed by atoms with Crippen molar-refractivity contribution in [2.24, 2.45) is 0 Å². The van der Waals surface area contributed by atoms with Gasteiger partial charge in [0.25, 0.3) is 5.69 Å². The lowest BCUT2D eigenvalue weighted by Gasteiger charge is -2.25. The number of hydrogen-bond donors (Lipinski definition) is 1. The minimum absolute atomic E-state index is 0.0111. The van der Waals surface area contributed by atoms with Crippen molar-refractivity contribution in [3.63, 3.8) is 0 Å². The molecule has 0 aromatic heterocycles. The van der Waals surface area contributed by atoms with Gasteiger partial charge < -0.3 is 10.5 Å². The molecule has 1 aliphatic heterocycles. The number of ether oxygens (including phenoxy) is 1. The summed E-state index contributed by atoms with van der Waals surface area (Å²) < 4.78 is 5.06. The minimum atomic E-state index is -0.448. The standard InChI is InChI=1S/C10H12N2O3S/c11-10-7(6-16-8-4-15-5-8)2-1-3-9(10)12(13)14/h1-3,8H,4-6,11H2. The molecule has 2 rings (SSSR count). The minimum Gasteiger partial charge on any atom is -0.393 e. The number of rotatable bonds is 4. The Morgan fingerprint density at radius 3 is 2.88 bits per heavy atom. The van der Waals surface area contributed by atoms with E-state index in [1.54, 1.807) is 17.8 Å². The van der Waals surface area contributed by atoms with Gasteiger partial charge in [-0.3, -0.25) is 10.1 Å². The maximum atomic E-state index is 10.7. The number of thioether (sulfide) groups is 1. The lowest BCUT2D eigenvalue weighted by molar-refractivity contribution is -0.383. The van der Waals surface area contributed by atoms with Crippen LogP contribution in [0.25, 0.3) is 0 Å². The number of nitrogens with two attached hydrogens (primary N) is 1. The number of nitrogen functional groups attached to an aromatic ring is 1. The Bertz CT molecular complexity index is 407. The monoisotopic (exact) mass is 240 g/mol. The van der Waals surface area contributed by atoms with E-state index in [0.717, 1.165) is 18.8 Å². The quantitative estimate of drug-likeness (QED) is 0.493. The summed E-state index contributed by atoms with van der Waals surface area (Å²) in [7, 11) is 0. The molecule has 0 radical (unpaired) electrons. The van der Waals surface area contributed by atoms with Gasteiger partial charge in [0, 0.05) is 11.8 Å². The normalized spacial score (nSPS) is 15.8. The second-order valence-corrected chi connectivity index (χ2v) is 4.87. The lowest BCUT2D eigenvalue weighted by atomic mass is 10.2.